The molecule has 112 valence electrons. The monoisotopic (exact) mass is 278 g/mol. The molecule has 1 aromatic rings. The van der Waals surface area contributed by atoms with E-state index in [9.17, 15) is 0 Å². The molecule has 2 atom stereocenters. The molecule has 2 unspecified atom stereocenters. The van der Waals surface area contributed by atoms with Crippen LogP contribution in [0.25, 0.3) is 0 Å². The Labute approximate surface area is 121 Å². The first-order valence-corrected chi connectivity index (χ1v) is 7.98. The largest absolute Gasteiger partial charge is 0.338 e. The number of piperidine rings is 1. The third-order valence-corrected chi connectivity index (χ3v) is 4.71. The second kappa shape index (κ2) is 5.82. The van der Waals surface area contributed by atoms with Gasteiger partial charge in [0.2, 0.25) is 5.89 Å². The van der Waals surface area contributed by atoms with Gasteiger partial charge in [-0.1, -0.05) is 25.9 Å². The van der Waals surface area contributed by atoms with Crippen molar-refractivity contribution in [1.29, 1.82) is 0 Å². The number of rotatable bonds is 5. The fourth-order valence-electron chi connectivity index (χ4n) is 3.56. The van der Waals surface area contributed by atoms with Crippen molar-refractivity contribution in [3.8, 4) is 0 Å². The van der Waals surface area contributed by atoms with Gasteiger partial charge in [0.15, 0.2) is 5.82 Å². The minimum absolute atomic E-state index is 0.331. The van der Waals surface area contributed by atoms with Gasteiger partial charge < -0.3 is 9.84 Å². The van der Waals surface area contributed by atoms with Gasteiger partial charge in [0, 0.05) is 24.0 Å². The highest BCUT2D eigenvalue weighted by molar-refractivity contribution is 4.97. The van der Waals surface area contributed by atoms with Crippen LogP contribution in [0.5, 0.6) is 0 Å². The lowest BCUT2D eigenvalue weighted by Gasteiger charge is -2.36. The number of fused-ring (bicyclic) bond motifs is 2. The predicted octanol–water partition coefficient (Wildman–Crippen LogP) is 2.30. The molecule has 0 amide bonds. The lowest BCUT2D eigenvalue weighted by molar-refractivity contribution is 0.126. The molecule has 1 N–H and O–H groups in total. The zero-order valence-electron chi connectivity index (χ0n) is 12.8. The van der Waals surface area contributed by atoms with E-state index in [0.29, 0.717) is 12.0 Å². The minimum atomic E-state index is 0.331. The Morgan fingerprint density at radius 1 is 1.30 bits per heavy atom. The molecule has 2 fully saturated rings. The Bertz CT molecular complexity index is 433. The highest BCUT2D eigenvalue weighted by Crippen LogP contribution is 2.30. The van der Waals surface area contributed by atoms with E-state index in [0.717, 1.165) is 36.9 Å². The summed E-state index contributed by atoms with van der Waals surface area (Å²) in [4.78, 5) is 7.01. The average Bonchev–Trinajstić information content (AvgIpc) is 3.03. The van der Waals surface area contributed by atoms with E-state index < -0.39 is 0 Å². The van der Waals surface area contributed by atoms with Gasteiger partial charge in [-0.05, 0) is 32.2 Å². The first kappa shape index (κ1) is 14.0. The first-order valence-electron chi connectivity index (χ1n) is 7.98. The van der Waals surface area contributed by atoms with Gasteiger partial charge in [-0.15, -0.1) is 0 Å². The molecule has 0 radical (unpaired) electrons. The highest BCUT2D eigenvalue weighted by atomic mass is 16.5. The van der Waals surface area contributed by atoms with E-state index in [-0.39, 0.29) is 0 Å². The highest BCUT2D eigenvalue weighted by Gasteiger charge is 2.36. The van der Waals surface area contributed by atoms with Crippen LogP contribution in [0, 0.1) is 0 Å². The molecule has 2 aliphatic heterocycles. The molecule has 2 bridgehead atoms. The summed E-state index contributed by atoms with van der Waals surface area (Å²) in [5, 5.41) is 7.77. The quantitative estimate of drug-likeness (QED) is 0.895. The molecule has 2 aliphatic rings. The van der Waals surface area contributed by atoms with Gasteiger partial charge in [0.25, 0.3) is 0 Å². The summed E-state index contributed by atoms with van der Waals surface area (Å²) < 4.78 is 5.40. The Hall–Kier alpha value is -0.940. The van der Waals surface area contributed by atoms with Crippen LogP contribution < -0.4 is 5.32 Å². The fourth-order valence-corrected chi connectivity index (χ4v) is 3.56. The van der Waals surface area contributed by atoms with E-state index >= 15 is 0 Å². The molecule has 5 heteroatoms. The number of hydrogen-bond donors (Lipinski definition) is 1. The summed E-state index contributed by atoms with van der Waals surface area (Å²) in [6, 6.07) is 2.11. The first-order chi connectivity index (χ1) is 9.65. The van der Waals surface area contributed by atoms with Crippen molar-refractivity contribution in [3.05, 3.63) is 11.7 Å². The summed E-state index contributed by atoms with van der Waals surface area (Å²) in [5.41, 5.74) is 0. The van der Waals surface area contributed by atoms with E-state index in [1.807, 2.05) is 0 Å². The lowest BCUT2D eigenvalue weighted by Crippen LogP contribution is -2.47. The molecule has 3 heterocycles. The van der Waals surface area contributed by atoms with Crippen molar-refractivity contribution < 1.29 is 4.52 Å². The third-order valence-electron chi connectivity index (χ3n) is 4.71. The van der Waals surface area contributed by atoms with Gasteiger partial charge in [0.05, 0.1) is 6.54 Å². The maximum atomic E-state index is 5.40. The minimum Gasteiger partial charge on any atom is -0.338 e. The average molecular weight is 278 g/mol. The van der Waals surface area contributed by atoms with Crippen molar-refractivity contribution in [2.75, 3.05) is 6.54 Å². The number of aromatic nitrogens is 2. The molecule has 0 aliphatic carbocycles. The zero-order valence-corrected chi connectivity index (χ0v) is 12.8. The molecular weight excluding hydrogens is 252 g/mol. The van der Waals surface area contributed by atoms with E-state index in [4.69, 9.17) is 4.52 Å². The maximum absolute atomic E-state index is 5.40. The van der Waals surface area contributed by atoms with Crippen molar-refractivity contribution >= 4 is 0 Å². The van der Waals surface area contributed by atoms with Crippen LogP contribution >= 0.6 is 0 Å². The standard InChI is InChI=1S/C15H26N4O/c1-4-19(9-14-17-15(10(2)3)18-20-14)13-7-11-5-6-12(8-13)16-11/h10-13,16H,4-9H2,1-3H3. The molecular formula is C15H26N4O. The number of hydrogen-bond acceptors (Lipinski definition) is 5. The predicted molar refractivity (Wildman–Crippen MR) is 77.4 cm³/mol. The van der Waals surface area contributed by atoms with Gasteiger partial charge in [-0.25, -0.2) is 0 Å². The van der Waals surface area contributed by atoms with E-state index in [1.165, 1.54) is 25.7 Å². The third kappa shape index (κ3) is 2.88. The number of nitrogens with zero attached hydrogens (tertiary/aromatic N) is 3. The van der Waals surface area contributed by atoms with Crippen molar-refractivity contribution in [2.45, 2.75) is 77.0 Å². The molecule has 2 saturated heterocycles. The fraction of sp³-hybridized carbons (Fsp3) is 0.867. The molecule has 5 nitrogen and oxygen atoms in total. The van der Waals surface area contributed by atoms with Crippen molar-refractivity contribution in [2.24, 2.45) is 0 Å². The molecule has 1 aromatic heterocycles. The van der Waals surface area contributed by atoms with Crippen LogP contribution in [-0.2, 0) is 6.54 Å². The van der Waals surface area contributed by atoms with Crippen molar-refractivity contribution in [1.82, 2.24) is 20.4 Å². The molecule has 3 rings (SSSR count). The Morgan fingerprint density at radius 3 is 2.55 bits per heavy atom. The molecule has 20 heavy (non-hydrogen) atoms. The van der Waals surface area contributed by atoms with E-state index in [1.54, 1.807) is 0 Å². The maximum Gasteiger partial charge on any atom is 0.240 e. The summed E-state index contributed by atoms with van der Waals surface area (Å²) in [6.45, 7) is 8.25. The van der Waals surface area contributed by atoms with Crippen LogP contribution in [0.4, 0.5) is 0 Å². The normalized spacial score (nSPS) is 29.6. The van der Waals surface area contributed by atoms with Crippen LogP contribution in [0.1, 0.15) is 64.1 Å². The Morgan fingerprint density at radius 2 is 2.00 bits per heavy atom. The zero-order chi connectivity index (χ0) is 14.1. The van der Waals surface area contributed by atoms with Crippen LogP contribution in [-0.4, -0.2) is 39.7 Å². The second-order valence-electron chi connectivity index (χ2n) is 6.53. The van der Waals surface area contributed by atoms with Gasteiger partial charge in [-0.2, -0.15) is 4.98 Å². The summed E-state index contributed by atoms with van der Waals surface area (Å²) in [5.74, 6) is 1.92. The van der Waals surface area contributed by atoms with Crippen LogP contribution in [0.2, 0.25) is 0 Å². The molecule has 0 saturated carbocycles. The number of nitrogens with one attached hydrogen (secondary N) is 1. The topological polar surface area (TPSA) is 54.2 Å². The summed E-state index contributed by atoms with van der Waals surface area (Å²) in [7, 11) is 0. The Kier molecular flexibility index (Phi) is 4.08. The SMILES string of the molecule is CCN(Cc1nc(C(C)C)no1)C1CC2CCC(C1)N2. The summed E-state index contributed by atoms with van der Waals surface area (Å²) >= 11 is 0. The molecule has 0 aromatic carbocycles. The van der Waals surface area contributed by atoms with Crippen LogP contribution in [0.3, 0.4) is 0 Å². The Balaban J connectivity index is 1.64. The smallest absolute Gasteiger partial charge is 0.240 e. The lowest BCUT2D eigenvalue weighted by atomic mass is 9.98. The van der Waals surface area contributed by atoms with E-state index in [2.05, 4.69) is 41.1 Å². The van der Waals surface area contributed by atoms with Crippen LogP contribution in [0.15, 0.2) is 4.52 Å². The van der Waals surface area contributed by atoms with Gasteiger partial charge in [-0.3, -0.25) is 4.90 Å². The second-order valence-corrected chi connectivity index (χ2v) is 6.53. The van der Waals surface area contributed by atoms with Crippen molar-refractivity contribution in [3.63, 3.8) is 0 Å². The van der Waals surface area contributed by atoms with Gasteiger partial charge >= 0.3 is 0 Å². The van der Waals surface area contributed by atoms with Gasteiger partial charge in [0.1, 0.15) is 0 Å². The summed E-state index contributed by atoms with van der Waals surface area (Å²) in [6.07, 6.45) is 5.21. The molecule has 0 spiro atoms.